The second kappa shape index (κ2) is 12.6. The van der Waals surface area contributed by atoms with Gasteiger partial charge in [0.05, 0.1) is 0 Å². The lowest BCUT2D eigenvalue weighted by Crippen LogP contribution is -2.13. The summed E-state index contributed by atoms with van der Waals surface area (Å²) < 4.78 is 0. The Bertz CT molecular complexity index is 172. The van der Waals surface area contributed by atoms with Crippen molar-refractivity contribution in [3.63, 3.8) is 0 Å². The van der Waals surface area contributed by atoms with Gasteiger partial charge in [0, 0.05) is 0 Å². The third-order valence-electron chi connectivity index (χ3n) is 2.18. The monoisotopic (exact) mass is 252 g/mol. The summed E-state index contributed by atoms with van der Waals surface area (Å²) in [5.74, 6) is 2.63. The van der Waals surface area contributed by atoms with Gasteiger partial charge in [-0.3, -0.25) is 0 Å². The predicted molar refractivity (Wildman–Crippen MR) is 64.8 cm³/mol. The fourth-order valence-corrected chi connectivity index (χ4v) is 1.71. The fourth-order valence-electron chi connectivity index (χ4n) is 1.71. The highest BCUT2D eigenvalue weighted by molar-refractivity contribution is 5.53. The number of hydrogen-bond acceptors (Lipinski definition) is 2. The number of carbonyl (C=O) groups is 2. The Labute approximate surface area is 102 Å². The second-order valence-electron chi connectivity index (χ2n) is 4.13. The van der Waals surface area contributed by atoms with E-state index in [2.05, 4.69) is 34.6 Å². The van der Waals surface area contributed by atoms with Gasteiger partial charge in [0.2, 0.25) is 0 Å². The minimum Gasteiger partial charge on any atom is -0.450 e. The fraction of sp³-hybridized carbons (Fsp3) is 0.818. The SMILES string of the molecule is CCC(C(C)C)C(C)C.O=C(O)O.O=C(O)O. The van der Waals surface area contributed by atoms with Crippen LogP contribution in [0.15, 0.2) is 0 Å². The first-order valence-electron chi connectivity index (χ1n) is 5.39. The Balaban J connectivity index is -0.000000205. The third-order valence-corrected chi connectivity index (χ3v) is 2.18. The van der Waals surface area contributed by atoms with E-state index < -0.39 is 12.3 Å². The molecule has 0 spiro atoms. The van der Waals surface area contributed by atoms with Gasteiger partial charge in [-0.2, -0.15) is 0 Å². The van der Waals surface area contributed by atoms with E-state index in [1.165, 1.54) is 6.42 Å². The molecule has 0 rings (SSSR count). The Morgan fingerprint density at radius 3 is 1.00 bits per heavy atom. The number of carboxylic acid groups (broad SMARTS) is 4. The average molecular weight is 252 g/mol. The quantitative estimate of drug-likeness (QED) is 0.607. The van der Waals surface area contributed by atoms with E-state index in [4.69, 9.17) is 30.0 Å². The molecule has 0 aromatic heterocycles. The van der Waals surface area contributed by atoms with Gasteiger partial charge in [-0.1, -0.05) is 41.0 Å². The lowest BCUT2D eigenvalue weighted by atomic mass is 9.84. The van der Waals surface area contributed by atoms with Crippen molar-refractivity contribution in [2.45, 2.75) is 41.0 Å². The first kappa shape index (κ1) is 20.9. The molecule has 6 heteroatoms. The normalized spacial score (nSPS) is 9.18. The first-order valence-corrected chi connectivity index (χ1v) is 5.39. The van der Waals surface area contributed by atoms with Crippen molar-refractivity contribution in [1.29, 1.82) is 0 Å². The van der Waals surface area contributed by atoms with E-state index in [9.17, 15) is 0 Å². The summed E-state index contributed by atoms with van der Waals surface area (Å²) in [4.78, 5) is 17.1. The zero-order chi connectivity index (χ0) is 14.6. The van der Waals surface area contributed by atoms with Crippen LogP contribution in [0.1, 0.15) is 41.0 Å². The maximum atomic E-state index is 8.56. The smallest absolute Gasteiger partial charge is 0.450 e. The summed E-state index contributed by atoms with van der Waals surface area (Å²) in [5, 5.41) is 27.9. The van der Waals surface area contributed by atoms with E-state index in [1.54, 1.807) is 0 Å². The Morgan fingerprint density at radius 1 is 0.824 bits per heavy atom. The Morgan fingerprint density at radius 2 is 1.00 bits per heavy atom. The summed E-state index contributed by atoms with van der Waals surface area (Å²) in [7, 11) is 0. The Hall–Kier alpha value is -1.46. The highest BCUT2D eigenvalue weighted by Crippen LogP contribution is 2.22. The van der Waals surface area contributed by atoms with E-state index in [0.717, 1.165) is 17.8 Å². The van der Waals surface area contributed by atoms with Crippen LogP contribution in [0.3, 0.4) is 0 Å². The molecular weight excluding hydrogens is 228 g/mol. The van der Waals surface area contributed by atoms with Crippen molar-refractivity contribution in [2.24, 2.45) is 17.8 Å². The second-order valence-corrected chi connectivity index (χ2v) is 4.13. The molecule has 6 nitrogen and oxygen atoms in total. The van der Waals surface area contributed by atoms with Gasteiger partial charge < -0.3 is 20.4 Å². The van der Waals surface area contributed by atoms with E-state index in [-0.39, 0.29) is 0 Å². The van der Waals surface area contributed by atoms with Gasteiger partial charge in [0.25, 0.3) is 0 Å². The summed E-state index contributed by atoms with van der Waals surface area (Å²) in [6, 6.07) is 0. The van der Waals surface area contributed by atoms with Crippen LogP contribution in [0.2, 0.25) is 0 Å². The molecule has 0 saturated carbocycles. The molecule has 0 saturated heterocycles. The van der Waals surface area contributed by atoms with Crippen LogP contribution < -0.4 is 0 Å². The van der Waals surface area contributed by atoms with Crippen molar-refractivity contribution >= 4 is 12.3 Å². The summed E-state index contributed by atoms with van der Waals surface area (Å²) >= 11 is 0. The van der Waals surface area contributed by atoms with E-state index >= 15 is 0 Å². The van der Waals surface area contributed by atoms with Crippen molar-refractivity contribution in [3.8, 4) is 0 Å². The Kier molecular flexibility index (Phi) is 15.5. The van der Waals surface area contributed by atoms with Crippen molar-refractivity contribution < 1.29 is 30.0 Å². The zero-order valence-corrected chi connectivity index (χ0v) is 11.0. The van der Waals surface area contributed by atoms with Gasteiger partial charge in [-0.05, 0) is 17.8 Å². The lowest BCUT2D eigenvalue weighted by Gasteiger charge is -2.22. The van der Waals surface area contributed by atoms with Crippen LogP contribution in [0.5, 0.6) is 0 Å². The highest BCUT2D eigenvalue weighted by atomic mass is 16.6. The zero-order valence-electron chi connectivity index (χ0n) is 11.0. The minimum atomic E-state index is -1.83. The van der Waals surface area contributed by atoms with Crippen molar-refractivity contribution in [1.82, 2.24) is 0 Å². The predicted octanol–water partition coefficient (Wildman–Crippen LogP) is 3.77. The molecule has 104 valence electrons. The first-order chi connectivity index (χ1) is 7.56. The standard InChI is InChI=1S/C9H20.2CH2O3/c1-6-9(7(2)3)8(4)5;2*2-1(3)4/h7-9H,6H2,1-5H3;2*(H2,2,3,4). The molecular formula is C11H24O6. The van der Waals surface area contributed by atoms with E-state index in [1.807, 2.05) is 0 Å². The molecule has 0 aromatic rings. The van der Waals surface area contributed by atoms with Crippen LogP contribution >= 0.6 is 0 Å². The van der Waals surface area contributed by atoms with Gasteiger partial charge in [-0.15, -0.1) is 0 Å². The molecule has 0 atom stereocenters. The molecule has 0 unspecified atom stereocenters. The summed E-state index contributed by atoms with van der Waals surface area (Å²) in [5.41, 5.74) is 0. The third kappa shape index (κ3) is 31.4. The molecule has 0 aliphatic rings. The van der Waals surface area contributed by atoms with Crippen molar-refractivity contribution in [2.75, 3.05) is 0 Å². The maximum Gasteiger partial charge on any atom is 0.503 e. The largest absolute Gasteiger partial charge is 0.503 e. The summed E-state index contributed by atoms with van der Waals surface area (Å²) in [6.45, 7) is 11.5. The van der Waals surface area contributed by atoms with Crippen LogP contribution in [0, 0.1) is 17.8 Å². The van der Waals surface area contributed by atoms with Crippen LogP contribution in [0.4, 0.5) is 9.59 Å². The number of hydrogen-bond donors (Lipinski definition) is 4. The lowest BCUT2D eigenvalue weighted by molar-refractivity contribution is 0.135. The molecule has 0 radical (unpaired) electrons. The van der Waals surface area contributed by atoms with Gasteiger partial charge in [0.15, 0.2) is 0 Å². The molecule has 17 heavy (non-hydrogen) atoms. The molecule has 0 aliphatic carbocycles. The summed E-state index contributed by atoms with van der Waals surface area (Å²) in [6.07, 6.45) is -2.34. The van der Waals surface area contributed by atoms with E-state index in [0.29, 0.717) is 0 Å². The highest BCUT2D eigenvalue weighted by Gasteiger charge is 2.13. The van der Waals surface area contributed by atoms with Gasteiger partial charge in [-0.25, -0.2) is 9.59 Å². The van der Waals surface area contributed by atoms with Crippen molar-refractivity contribution in [3.05, 3.63) is 0 Å². The van der Waals surface area contributed by atoms with Gasteiger partial charge >= 0.3 is 12.3 Å². The molecule has 0 fully saturated rings. The topological polar surface area (TPSA) is 115 Å². The molecule has 4 N–H and O–H groups in total. The van der Waals surface area contributed by atoms with Gasteiger partial charge in [0.1, 0.15) is 0 Å². The number of rotatable bonds is 3. The average Bonchev–Trinajstić information content (AvgIpc) is 2.00. The van der Waals surface area contributed by atoms with Crippen LogP contribution in [-0.2, 0) is 0 Å². The molecule has 0 amide bonds. The molecule has 0 aliphatic heterocycles. The van der Waals surface area contributed by atoms with Crippen LogP contribution in [0.25, 0.3) is 0 Å². The minimum absolute atomic E-state index is 0.856. The van der Waals surface area contributed by atoms with Crippen LogP contribution in [-0.4, -0.2) is 32.7 Å². The molecule has 0 heterocycles. The maximum absolute atomic E-state index is 8.56. The molecule has 0 bridgehead atoms. The molecule has 0 aromatic carbocycles.